The summed E-state index contributed by atoms with van der Waals surface area (Å²) in [7, 11) is 0. The molecule has 1 aromatic carbocycles. The van der Waals surface area contributed by atoms with Crippen LogP contribution in [0.1, 0.15) is 38.2 Å². The zero-order valence-corrected chi connectivity index (χ0v) is 10.4. The fraction of sp³-hybridized carbons (Fsp3) is 0.571. The predicted molar refractivity (Wildman–Crippen MR) is 65.0 cm³/mol. The second-order valence-corrected chi connectivity index (χ2v) is 4.60. The molecule has 0 N–H and O–H groups in total. The number of halogens is 1. The van der Waals surface area contributed by atoms with E-state index in [2.05, 4.69) is 6.92 Å². The highest BCUT2D eigenvalue weighted by Gasteiger charge is 2.18. The van der Waals surface area contributed by atoms with Gasteiger partial charge in [-0.1, -0.05) is 13.8 Å². The van der Waals surface area contributed by atoms with E-state index in [9.17, 15) is 4.39 Å². The second kappa shape index (κ2) is 5.50. The SMILES string of the molecule is CCC(C)c1cc(OC2CCOC2)ccc1F. The summed E-state index contributed by atoms with van der Waals surface area (Å²) in [6, 6.07) is 5.01. The minimum atomic E-state index is -0.144. The highest BCUT2D eigenvalue weighted by atomic mass is 19.1. The fourth-order valence-corrected chi connectivity index (χ4v) is 1.99. The van der Waals surface area contributed by atoms with Gasteiger partial charge in [0, 0.05) is 6.42 Å². The molecule has 1 fully saturated rings. The van der Waals surface area contributed by atoms with Crippen molar-refractivity contribution in [2.24, 2.45) is 0 Å². The molecular formula is C14H19FO2. The van der Waals surface area contributed by atoms with Gasteiger partial charge in [0.15, 0.2) is 0 Å². The third-order valence-corrected chi connectivity index (χ3v) is 3.30. The predicted octanol–water partition coefficient (Wildman–Crippen LogP) is 3.51. The Balaban J connectivity index is 2.12. The van der Waals surface area contributed by atoms with Gasteiger partial charge in [0.2, 0.25) is 0 Å². The standard InChI is InChI=1S/C14H19FO2/c1-3-10(2)13-8-11(4-5-14(13)15)17-12-6-7-16-9-12/h4-5,8,10,12H,3,6-7,9H2,1-2H3. The van der Waals surface area contributed by atoms with E-state index in [1.165, 1.54) is 6.07 Å². The molecule has 0 radical (unpaired) electrons. The Hall–Kier alpha value is -1.09. The summed E-state index contributed by atoms with van der Waals surface area (Å²) in [5.41, 5.74) is 0.740. The average Bonchev–Trinajstić information content (AvgIpc) is 2.83. The van der Waals surface area contributed by atoms with E-state index < -0.39 is 0 Å². The fourth-order valence-electron chi connectivity index (χ4n) is 1.99. The van der Waals surface area contributed by atoms with Crippen LogP contribution in [0.4, 0.5) is 4.39 Å². The van der Waals surface area contributed by atoms with Gasteiger partial charge in [0.05, 0.1) is 13.2 Å². The minimum Gasteiger partial charge on any atom is -0.488 e. The maximum atomic E-state index is 13.6. The van der Waals surface area contributed by atoms with Crippen molar-refractivity contribution < 1.29 is 13.9 Å². The van der Waals surface area contributed by atoms with E-state index in [0.717, 1.165) is 30.8 Å². The van der Waals surface area contributed by atoms with E-state index in [1.54, 1.807) is 6.07 Å². The summed E-state index contributed by atoms with van der Waals surface area (Å²) >= 11 is 0. The molecule has 1 heterocycles. The van der Waals surface area contributed by atoms with Gasteiger partial charge in [-0.25, -0.2) is 4.39 Å². The Labute approximate surface area is 102 Å². The van der Waals surface area contributed by atoms with Crippen LogP contribution in [0.2, 0.25) is 0 Å². The Morgan fingerprint density at radius 2 is 2.35 bits per heavy atom. The maximum absolute atomic E-state index is 13.6. The van der Waals surface area contributed by atoms with E-state index >= 15 is 0 Å². The average molecular weight is 238 g/mol. The summed E-state index contributed by atoms with van der Waals surface area (Å²) in [5.74, 6) is 0.824. The van der Waals surface area contributed by atoms with Crippen LogP contribution < -0.4 is 4.74 Å². The normalized spacial score (nSPS) is 21.5. The van der Waals surface area contributed by atoms with Crippen LogP contribution in [0.15, 0.2) is 18.2 Å². The van der Waals surface area contributed by atoms with Gasteiger partial charge in [-0.05, 0) is 36.1 Å². The number of benzene rings is 1. The Morgan fingerprint density at radius 3 is 3.00 bits per heavy atom. The topological polar surface area (TPSA) is 18.5 Å². The third kappa shape index (κ3) is 2.97. The molecule has 0 spiro atoms. The van der Waals surface area contributed by atoms with Crippen molar-refractivity contribution in [3.8, 4) is 5.75 Å². The molecule has 1 saturated heterocycles. The van der Waals surface area contributed by atoms with Crippen LogP contribution in [-0.2, 0) is 4.74 Å². The highest BCUT2D eigenvalue weighted by molar-refractivity contribution is 5.32. The van der Waals surface area contributed by atoms with E-state index in [1.807, 2.05) is 13.0 Å². The first-order valence-electron chi connectivity index (χ1n) is 6.24. The number of ether oxygens (including phenoxy) is 2. The number of rotatable bonds is 4. The molecule has 94 valence electrons. The molecule has 0 bridgehead atoms. The van der Waals surface area contributed by atoms with Gasteiger partial charge in [0.1, 0.15) is 17.7 Å². The molecule has 0 saturated carbocycles. The lowest BCUT2D eigenvalue weighted by atomic mass is 9.98. The number of hydrogen-bond acceptors (Lipinski definition) is 2. The molecular weight excluding hydrogens is 219 g/mol. The monoisotopic (exact) mass is 238 g/mol. The van der Waals surface area contributed by atoms with Crippen molar-refractivity contribution in [1.82, 2.24) is 0 Å². The summed E-state index contributed by atoms with van der Waals surface area (Å²) < 4.78 is 24.7. The van der Waals surface area contributed by atoms with Crippen LogP contribution in [0.25, 0.3) is 0 Å². The first kappa shape index (κ1) is 12.4. The quantitative estimate of drug-likeness (QED) is 0.799. The van der Waals surface area contributed by atoms with Gasteiger partial charge >= 0.3 is 0 Å². The highest BCUT2D eigenvalue weighted by Crippen LogP contribution is 2.27. The molecule has 17 heavy (non-hydrogen) atoms. The van der Waals surface area contributed by atoms with E-state index in [4.69, 9.17) is 9.47 Å². The molecule has 2 rings (SSSR count). The summed E-state index contributed by atoms with van der Waals surface area (Å²) in [4.78, 5) is 0. The minimum absolute atomic E-state index is 0.116. The van der Waals surface area contributed by atoms with Crippen LogP contribution >= 0.6 is 0 Å². The number of hydrogen-bond donors (Lipinski definition) is 0. The summed E-state index contributed by atoms with van der Waals surface area (Å²) in [6.45, 7) is 5.48. The van der Waals surface area contributed by atoms with Gasteiger partial charge < -0.3 is 9.47 Å². The lowest BCUT2D eigenvalue weighted by Gasteiger charge is -2.15. The summed E-state index contributed by atoms with van der Waals surface area (Å²) in [5, 5.41) is 0. The maximum Gasteiger partial charge on any atom is 0.126 e. The van der Waals surface area contributed by atoms with Gasteiger partial charge in [-0.2, -0.15) is 0 Å². The Kier molecular flexibility index (Phi) is 4.00. The molecule has 0 amide bonds. The molecule has 2 atom stereocenters. The van der Waals surface area contributed by atoms with Crippen LogP contribution in [0, 0.1) is 5.82 Å². The molecule has 2 unspecified atom stereocenters. The lowest BCUT2D eigenvalue weighted by molar-refractivity contribution is 0.141. The molecule has 2 nitrogen and oxygen atoms in total. The second-order valence-electron chi connectivity index (χ2n) is 4.60. The van der Waals surface area contributed by atoms with Crippen molar-refractivity contribution in [2.75, 3.05) is 13.2 Å². The molecule has 1 aliphatic heterocycles. The van der Waals surface area contributed by atoms with Crippen LogP contribution in [-0.4, -0.2) is 19.3 Å². The van der Waals surface area contributed by atoms with Crippen molar-refractivity contribution in [1.29, 1.82) is 0 Å². The van der Waals surface area contributed by atoms with E-state index in [-0.39, 0.29) is 17.8 Å². The molecule has 0 aromatic heterocycles. The smallest absolute Gasteiger partial charge is 0.126 e. The van der Waals surface area contributed by atoms with Gasteiger partial charge in [0.25, 0.3) is 0 Å². The molecule has 0 aliphatic carbocycles. The molecule has 1 aliphatic rings. The van der Waals surface area contributed by atoms with Crippen LogP contribution in [0.5, 0.6) is 5.75 Å². The Bertz CT molecular complexity index is 372. The van der Waals surface area contributed by atoms with Crippen molar-refractivity contribution in [3.63, 3.8) is 0 Å². The first-order chi connectivity index (χ1) is 8.20. The zero-order valence-electron chi connectivity index (χ0n) is 10.4. The molecule has 1 aromatic rings. The van der Waals surface area contributed by atoms with Crippen molar-refractivity contribution in [3.05, 3.63) is 29.6 Å². The summed E-state index contributed by atoms with van der Waals surface area (Å²) in [6.07, 6.45) is 1.95. The van der Waals surface area contributed by atoms with Crippen LogP contribution in [0.3, 0.4) is 0 Å². The van der Waals surface area contributed by atoms with Gasteiger partial charge in [-0.3, -0.25) is 0 Å². The largest absolute Gasteiger partial charge is 0.488 e. The zero-order chi connectivity index (χ0) is 12.3. The van der Waals surface area contributed by atoms with Crippen molar-refractivity contribution in [2.45, 2.75) is 38.7 Å². The van der Waals surface area contributed by atoms with E-state index in [0.29, 0.717) is 6.61 Å². The van der Waals surface area contributed by atoms with Crippen molar-refractivity contribution >= 4 is 0 Å². The van der Waals surface area contributed by atoms with Gasteiger partial charge in [-0.15, -0.1) is 0 Å². The first-order valence-corrected chi connectivity index (χ1v) is 6.24. The molecule has 3 heteroatoms. The lowest BCUT2D eigenvalue weighted by Crippen LogP contribution is -2.16. The third-order valence-electron chi connectivity index (χ3n) is 3.30. The Morgan fingerprint density at radius 1 is 1.53 bits per heavy atom.